The second kappa shape index (κ2) is 6.95. The van der Waals surface area contributed by atoms with Crippen LogP contribution in [0.5, 0.6) is 0 Å². The highest BCUT2D eigenvalue weighted by Gasteiger charge is 2.24. The fraction of sp³-hybridized carbons (Fsp3) is 0.238. The third-order valence-electron chi connectivity index (χ3n) is 4.97. The van der Waals surface area contributed by atoms with Crippen LogP contribution >= 0.6 is 0 Å². The minimum Gasteiger partial charge on any atom is -0.353 e. The van der Waals surface area contributed by atoms with E-state index in [0.717, 1.165) is 34.4 Å². The second-order valence-electron chi connectivity index (χ2n) is 6.72. The van der Waals surface area contributed by atoms with Crippen LogP contribution in [0.15, 0.2) is 48.5 Å². The summed E-state index contributed by atoms with van der Waals surface area (Å²) in [6, 6.07) is 13.3. The SMILES string of the molecule is Cc1cc(N2CCN(C(=O)c3ccc(F)c(F)c3)CC2)nc2ccccc12. The zero-order valence-corrected chi connectivity index (χ0v) is 15.0. The van der Waals surface area contributed by atoms with E-state index in [1.54, 1.807) is 4.90 Å². The monoisotopic (exact) mass is 367 g/mol. The summed E-state index contributed by atoms with van der Waals surface area (Å²) in [4.78, 5) is 21.1. The quantitative estimate of drug-likeness (QED) is 0.692. The topological polar surface area (TPSA) is 36.4 Å². The number of carbonyl (C=O) groups excluding carboxylic acids is 1. The first-order chi connectivity index (χ1) is 13.0. The van der Waals surface area contributed by atoms with Crippen molar-refractivity contribution in [3.05, 3.63) is 71.3 Å². The van der Waals surface area contributed by atoms with Crippen molar-refractivity contribution in [2.75, 3.05) is 31.1 Å². The first-order valence-corrected chi connectivity index (χ1v) is 8.88. The number of fused-ring (bicyclic) bond motifs is 1. The highest BCUT2D eigenvalue weighted by molar-refractivity contribution is 5.94. The van der Waals surface area contributed by atoms with Crippen LogP contribution in [-0.2, 0) is 0 Å². The lowest BCUT2D eigenvalue weighted by Crippen LogP contribution is -2.49. The Morgan fingerprint density at radius 3 is 2.44 bits per heavy atom. The molecule has 138 valence electrons. The van der Waals surface area contributed by atoms with Gasteiger partial charge in [0, 0.05) is 37.1 Å². The summed E-state index contributed by atoms with van der Waals surface area (Å²) >= 11 is 0. The number of hydrogen-bond acceptors (Lipinski definition) is 3. The summed E-state index contributed by atoms with van der Waals surface area (Å²) in [6.45, 7) is 4.35. The van der Waals surface area contributed by atoms with E-state index in [1.165, 1.54) is 6.07 Å². The lowest BCUT2D eigenvalue weighted by Gasteiger charge is -2.35. The van der Waals surface area contributed by atoms with Crippen molar-refractivity contribution in [3.8, 4) is 0 Å². The summed E-state index contributed by atoms with van der Waals surface area (Å²) in [5.74, 6) is -1.34. The molecule has 1 amide bonds. The Labute approximate surface area is 156 Å². The molecule has 0 spiro atoms. The number of halogens is 2. The molecule has 27 heavy (non-hydrogen) atoms. The number of carbonyl (C=O) groups is 1. The summed E-state index contributed by atoms with van der Waals surface area (Å²) in [7, 11) is 0. The summed E-state index contributed by atoms with van der Waals surface area (Å²) in [6.07, 6.45) is 0. The molecule has 0 radical (unpaired) electrons. The van der Waals surface area contributed by atoms with Crippen molar-refractivity contribution < 1.29 is 13.6 Å². The van der Waals surface area contributed by atoms with Crippen molar-refractivity contribution in [1.29, 1.82) is 0 Å². The van der Waals surface area contributed by atoms with E-state index in [9.17, 15) is 13.6 Å². The molecule has 0 N–H and O–H groups in total. The van der Waals surface area contributed by atoms with Crippen LogP contribution < -0.4 is 4.90 Å². The maximum atomic E-state index is 13.4. The summed E-state index contributed by atoms with van der Waals surface area (Å²) in [5, 5.41) is 1.13. The molecule has 3 aromatic rings. The van der Waals surface area contributed by atoms with Crippen molar-refractivity contribution >= 4 is 22.6 Å². The molecule has 4 rings (SSSR count). The van der Waals surface area contributed by atoms with E-state index >= 15 is 0 Å². The lowest BCUT2D eigenvalue weighted by molar-refractivity contribution is 0.0746. The number of anilines is 1. The van der Waals surface area contributed by atoms with Crippen LogP contribution in [0.1, 0.15) is 15.9 Å². The van der Waals surface area contributed by atoms with Gasteiger partial charge in [-0.1, -0.05) is 18.2 Å². The number of nitrogens with zero attached hydrogens (tertiary/aromatic N) is 3. The van der Waals surface area contributed by atoms with Gasteiger partial charge in [-0.25, -0.2) is 13.8 Å². The third kappa shape index (κ3) is 3.35. The van der Waals surface area contributed by atoms with Crippen LogP contribution in [0, 0.1) is 18.6 Å². The van der Waals surface area contributed by atoms with E-state index in [2.05, 4.69) is 24.0 Å². The molecule has 2 heterocycles. The largest absolute Gasteiger partial charge is 0.353 e. The molecule has 0 saturated carbocycles. The minimum absolute atomic E-state index is 0.169. The highest BCUT2D eigenvalue weighted by Crippen LogP contribution is 2.23. The molecule has 1 saturated heterocycles. The standard InChI is InChI=1S/C21H19F2N3O/c1-14-12-20(24-19-5-3-2-4-16(14)19)25-8-10-26(11-9-25)21(27)15-6-7-17(22)18(23)13-15/h2-7,12-13H,8-11H2,1H3. The molecular formula is C21H19F2N3O. The molecule has 0 aliphatic carbocycles. The van der Waals surface area contributed by atoms with Gasteiger partial charge in [0.15, 0.2) is 11.6 Å². The molecule has 1 aliphatic heterocycles. The number of rotatable bonds is 2. The number of amides is 1. The molecule has 1 fully saturated rings. The van der Waals surface area contributed by atoms with E-state index in [4.69, 9.17) is 4.98 Å². The second-order valence-corrected chi connectivity index (χ2v) is 6.72. The van der Waals surface area contributed by atoms with Gasteiger partial charge in [0.2, 0.25) is 0 Å². The van der Waals surface area contributed by atoms with Gasteiger partial charge >= 0.3 is 0 Å². The Hall–Kier alpha value is -3.02. The number of benzene rings is 2. The van der Waals surface area contributed by atoms with Crippen LogP contribution in [0.25, 0.3) is 10.9 Å². The number of piperazine rings is 1. The van der Waals surface area contributed by atoms with E-state index in [1.807, 2.05) is 18.2 Å². The van der Waals surface area contributed by atoms with E-state index in [0.29, 0.717) is 26.2 Å². The Balaban J connectivity index is 1.49. The molecular weight excluding hydrogens is 348 g/mol. The zero-order chi connectivity index (χ0) is 19.0. The number of pyridine rings is 1. The molecule has 1 aromatic heterocycles. The Kier molecular flexibility index (Phi) is 4.48. The van der Waals surface area contributed by atoms with E-state index < -0.39 is 11.6 Å². The average molecular weight is 367 g/mol. The molecule has 4 nitrogen and oxygen atoms in total. The minimum atomic E-state index is -1.00. The first-order valence-electron chi connectivity index (χ1n) is 8.88. The normalized spacial score (nSPS) is 14.6. The van der Waals surface area contributed by atoms with Gasteiger partial charge < -0.3 is 9.80 Å². The molecule has 0 unspecified atom stereocenters. The maximum absolute atomic E-state index is 13.4. The molecule has 0 bridgehead atoms. The van der Waals surface area contributed by atoms with Gasteiger partial charge in [0.25, 0.3) is 5.91 Å². The van der Waals surface area contributed by atoms with Gasteiger partial charge in [-0.2, -0.15) is 0 Å². The summed E-state index contributed by atoms with van der Waals surface area (Å²) in [5.41, 5.74) is 2.28. The van der Waals surface area contributed by atoms with Crippen molar-refractivity contribution in [2.45, 2.75) is 6.92 Å². The van der Waals surface area contributed by atoms with E-state index in [-0.39, 0.29) is 11.5 Å². The van der Waals surface area contributed by atoms with Crippen LogP contribution in [0.4, 0.5) is 14.6 Å². The number of aromatic nitrogens is 1. The van der Waals surface area contributed by atoms with Crippen molar-refractivity contribution in [3.63, 3.8) is 0 Å². The Morgan fingerprint density at radius 2 is 1.70 bits per heavy atom. The third-order valence-corrected chi connectivity index (χ3v) is 4.97. The van der Waals surface area contributed by atoms with Gasteiger partial charge in [-0.05, 0) is 42.8 Å². The fourth-order valence-electron chi connectivity index (χ4n) is 3.44. The first kappa shape index (κ1) is 17.4. The Morgan fingerprint density at radius 1 is 0.963 bits per heavy atom. The lowest BCUT2D eigenvalue weighted by atomic mass is 10.1. The van der Waals surface area contributed by atoms with Crippen LogP contribution in [0.2, 0.25) is 0 Å². The number of para-hydroxylation sites is 1. The van der Waals surface area contributed by atoms with Gasteiger partial charge in [-0.15, -0.1) is 0 Å². The van der Waals surface area contributed by atoms with Gasteiger partial charge in [0.05, 0.1) is 5.52 Å². The van der Waals surface area contributed by atoms with Gasteiger partial charge in [-0.3, -0.25) is 4.79 Å². The smallest absolute Gasteiger partial charge is 0.254 e. The van der Waals surface area contributed by atoms with Gasteiger partial charge in [0.1, 0.15) is 5.82 Å². The highest BCUT2D eigenvalue weighted by atomic mass is 19.2. The number of hydrogen-bond donors (Lipinski definition) is 0. The predicted molar refractivity (Wildman–Crippen MR) is 101 cm³/mol. The number of aryl methyl sites for hydroxylation is 1. The molecule has 6 heteroatoms. The van der Waals surface area contributed by atoms with Crippen molar-refractivity contribution in [2.24, 2.45) is 0 Å². The predicted octanol–water partition coefficient (Wildman–Crippen LogP) is 3.78. The van der Waals surface area contributed by atoms with Crippen LogP contribution in [-0.4, -0.2) is 42.0 Å². The van der Waals surface area contributed by atoms with Crippen molar-refractivity contribution in [1.82, 2.24) is 9.88 Å². The maximum Gasteiger partial charge on any atom is 0.254 e. The molecule has 0 atom stereocenters. The van der Waals surface area contributed by atoms with Crippen LogP contribution in [0.3, 0.4) is 0 Å². The Bertz CT molecular complexity index is 1010. The fourth-order valence-corrected chi connectivity index (χ4v) is 3.44. The molecule has 1 aliphatic rings. The zero-order valence-electron chi connectivity index (χ0n) is 15.0. The average Bonchev–Trinajstić information content (AvgIpc) is 2.69. The molecule has 2 aromatic carbocycles. The summed E-state index contributed by atoms with van der Waals surface area (Å²) < 4.78 is 26.5.